The first-order valence-electron chi connectivity index (χ1n) is 7.24. The van der Waals surface area contributed by atoms with Gasteiger partial charge in [0.15, 0.2) is 0 Å². The van der Waals surface area contributed by atoms with Crippen LogP contribution in [-0.4, -0.2) is 65.7 Å². The number of rotatable bonds is 6. The van der Waals surface area contributed by atoms with E-state index in [0.29, 0.717) is 6.54 Å². The molecule has 1 aliphatic heterocycles. The minimum Gasteiger partial charge on any atom is -0.465 e. The minimum absolute atomic E-state index is 0. The Morgan fingerprint density at radius 1 is 1.32 bits per heavy atom. The molecule has 1 aromatic rings. The molecule has 1 saturated heterocycles. The van der Waals surface area contributed by atoms with E-state index >= 15 is 0 Å². The van der Waals surface area contributed by atoms with Crippen LogP contribution in [0.25, 0.3) is 0 Å². The van der Waals surface area contributed by atoms with Crippen LogP contribution < -0.4 is 10.0 Å². The number of nitrogens with zero attached hydrogens (tertiary/aromatic N) is 1. The van der Waals surface area contributed by atoms with Crippen LogP contribution in [0, 0.1) is 0 Å². The number of carbonyl (C=O) groups is 1. The van der Waals surface area contributed by atoms with Gasteiger partial charge in [0.2, 0.25) is 10.0 Å². The molecule has 0 bridgehead atoms. The SMILES string of the molecule is COC(=O)c1cc(Cl)ccc1S(=O)(=O)NCCN1CCNCC1.Cl.Cl. The lowest BCUT2D eigenvalue weighted by molar-refractivity contribution is 0.0596. The van der Waals surface area contributed by atoms with Crippen molar-refractivity contribution in [1.82, 2.24) is 14.9 Å². The Morgan fingerprint density at radius 3 is 2.56 bits per heavy atom. The smallest absolute Gasteiger partial charge is 0.339 e. The summed E-state index contributed by atoms with van der Waals surface area (Å²) in [4.78, 5) is 13.8. The van der Waals surface area contributed by atoms with Gasteiger partial charge in [-0.15, -0.1) is 24.8 Å². The van der Waals surface area contributed by atoms with Gasteiger partial charge >= 0.3 is 5.97 Å². The molecule has 0 amide bonds. The summed E-state index contributed by atoms with van der Waals surface area (Å²) in [7, 11) is -2.62. The zero-order chi connectivity index (χ0) is 16.9. The maximum atomic E-state index is 12.4. The highest BCUT2D eigenvalue weighted by molar-refractivity contribution is 7.89. The molecule has 1 heterocycles. The molecule has 11 heteroatoms. The van der Waals surface area contributed by atoms with Crippen LogP contribution in [0.1, 0.15) is 10.4 Å². The van der Waals surface area contributed by atoms with E-state index in [-0.39, 0.29) is 46.8 Å². The molecule has 0 aliphatic carbocycles. The monoisotopic (exact) mass is 433 g/mol. The van der Waals surface area contributed by atoms with E-state index in [1.54, 1.807) is 0 Å². The standard InChI is InChI=1S/C14H20ClN3O4S.2ClH/c1-22-14(19)12-10-11(15)2-3-13(12)23(20,21)17-6-9-18-7-4-16-5-8-18;;/h2-3,10,16-17H,4-9H2,1H3;2*1H. The molecule has 25 heavy (non-hydrogen) atoms. The molecule has 1 fully saturated rings. The van der Waals surface area contributed by atoms with Crippen molar-refractivity contribution in [2.75, 3.05) is 46.4 Å². The summed E-state index contributed by atoms with van der Waals surface area (Å²) in [6.07, 6.45) is 0. The van der Waals surface area contributed by atoms with Gasteiger partial charge in [-0.2, -0.15) is 0 Å². The average Bonchev–Trinajstić information content (AvgIpc) is 2.54. The Labute approximate surface area is 165 Å². The molecular weight excluding hydrogens is 413 g/mol. The Kier molecular flexibility index (Phi) is 10.9. The molecule has 144 valence electrons. The summed E-state index contributed by atoms with van der Waals surface area (Å²) in [5, 5.41) is 3.50. The first-order chi connectivity index (χ1) is 10.9. The van der Waals surface area contributed by atoms with Crippen molar-refractivity contribution in [3.05, 3.63) is 28.8 Å². The molecule has 2 N–H and O–H groups in total. The van der Waals surface area contributed by atoms with E-state index in [2.05, 4.69) is 19.7 Å². The second-order valence-electron chi connectivity index (χ2n) is 5.12. The van der Waals surface area contributed by atoms with Crippen LogP contribution in [0.5, 0.6) is 0 Å². The lowest BCUT2D eigenvalue weighted by Crippen LogP contribution is -2.46. The van der Waals surface area contributed by atoms with Crippen LogP contribution in [0.2, 0.25) is 5.02 Å². The largest absolute Gasteiger partial charge is 0.465 e. The number of ether oxygens (including phenoxy) is 1. The molecule has 1 aromatic carbocycles. The Bertz CT molecular complexity index is 667. The summed E-state index contributed by atoms with van der Waals surface area (Å²) in [6.45, 7) is 4.45. The Hall–Kier alpha value is -0.610. The number of nitrogens with one attached hydrogen (secondary N) is 2. The lowest BCUT2D eigenvalue weighted by Gasteiger charge is -2.27. The molecule has 0 aromatic heterocycles. The van der Waals surface area contributed by atoms with Crippen molar-refractivity contribution in [2.45, 2.75) is 4.90 Å². The Balaban J connectivity index is 0.00000288. The van der Waals surface area contributed by atoms with Crippen molar-refractivity contribution >= 4 is 52.4 Å². The highest BCUT2D eigenvalue weighted by Gasteiger charge is 2.23. The van der Waals surface area contributed by atoms with Gasteiger partial charge in [-0.3, -0.25) is 4.90 Å². The van der Waals surface area contributed by atoms with Gasteiger partial charge in [0.05, 0.1) is 17.6 Å². The molecule has 0 atom stereocenters. The first kappa shape index (κ1) is 24.4. The van der Waals surface area contributed by atoms with Gasteiger partial charge in [0, 0.05) is 44.3 Å². The number of carbonyl (C=O) groups excluding carboxylic acids is 1. The van der Waals surface area contributed by atoms with Crippen LogP contribution >= 0.6 is 36.4 Å². The number of benzene rings is 1. The van der Waals surface area contributed by atoms with E-state index in [1.165, 1.54) is 25.3 Å². The fraction of sp³-hybridized carbons (Fsp3) is 0.500. The van der Waals surface area contributed by atoms with E-state index in [9.17, 15) is 13.2 Å². The van der Waals surface area contributed by atoms with Gasteiger partial charge in [-0.1, -0.05) is 11.6 Å². The van der Waals surface area contributed by atoms with Gasteiger partial charge < -0.3 is 10.1 Å². The molecule has 0 radical (unpaired) electrons. The summed E-state index contributed by atoms with van der Waals surface area (Å²) in [6, 6.07) is 4.03. The normalized spacial score (nSPS) is 15.0. The third kappa shape index (κ3) is 6.90. The van der Waals surface area contributed by atoms with E-state index in [0.717, 1.165) is 26.2 Å². The summed E-state index contributed by atoms with van der Waals surface area (Å²) in [5.41, 5.74) is -0.0744. The van der Waals surface area contributed by atoms with Crippen molar-refractivity contribution in [3.8, 4) is 0 Å². The fourth-order valence-corrected chi connectivity index (χ4v) is 3.72. The predicted octanol–water partition coefficient (Wildman–Crippen LogP) is 1.15. The van der Waals surface area contributed by atoms with E-state index < -0.39 is 16.0 Å². The van der Waals surface area contributed by atoms with Crippen molar-refractivity contribution in [2.24, 2.45) is 0 Å². The van der Waals surface area contributed by atoms with Crippen LogP contribution in [0.3, 0.4) is 0 Å². The number of piperazine rings is 1. The maximum Gasteiger partial charge on any atom is 0.339 e. The quantitative estimate of drug-likeness (QED) is 0.653. The highest BCUT2D eigenvalue weighted by Crippen LogP contribution is 2.21. The molecule has 2 rings (SSSR count). The van der Waals surface area contributed by atoms with Crippen molar-refractivity contribution in [3.63, 3.8) is 0 Å². The molecule has 0 saturated carbocycles. The summed E-state index contributed by atoms with van der Waals surface area (Å²) in [5.74, 6) is -0.741. The van der Waals surface area contributed by atoms with Gasteiger partial charge in [-0.05, 0) is 18.2 Å². The third-order valence-electron chi connectivity index (χ3n) is 3.57. The minimum atomic E-state index is -3.82. The molecule has 0 unspecified atom stereocenters. The number of methoxy groups -OCH3 is 1. The molecule has 7 nitrogen and oxygen atoms in total. The zero-order valence-electron chi connectivity index (χ0n) is 13.7. The lowest BCUT2D eigenvalue weighted by atomic mass is 10.2. The number of hydrogen-bond donors (Lipinski definition) is 2. The number of hydrogen-bond acceptors (Lipinski definition) is 6. The van der Waals surface area contributed by atoms with Gasteiger partial charge in [-0.25, -0.2) is 17.9 Å². The summed E-state index contributed by atoms with van der Waals surface area (Å²) >= 11 is 5.84. The molecule has 1 aliphatic rings. The zero-order valence-corrected chi connectivity index (χ0v) is 16.9. The highest BCUT2D eigenvalue weighted by atomic mass is 35.5. The second-order valence-corrected chi connectivity index (χ2v) is 7.29. The third-order valence-corrected chi connectivity index (χ3v) is 5.32. The van der Waals surface area contributed by atoms with Gasteiger partial charge in [0.25, 0.3) is 0 Å². The Morgan fingerprint density at radius 2 is 1.96 bits per heavy atom. The van der Waals surface area contributed by atoms with Gasteiger partial charge in [0.1, 0.15) is 0 Å². The van der Waals surface area contributed by atoms with Crippen molar-refractivity contribution < 1.29 is 17.9 Å². The topological polar surface area (TPSA) is 87.7 Å². The molecule has 0 spiro atoms. The number of esters is 1. The van der Waals surface area contributed by atoms with E-state index in [4.69, 9.17) is 11.6 Å². The predicted molar refractivity (Wildman–Crippen MR) is 102 cm³/mol. The van der Waals surface area contributed by atoms with E-state index in [1.807, 2.05) is 0 Å². The first-order valence-corrected chi connectivity index (χ1v) is 9.11. The number of halogens is 3. The average molecular weight is 435 g/mol. The summed E-state index contributed by atoms with van der Waals surface area (Å²) < 4.78 is 32.0. The second kappa shape index (κ2) is 11.2. The van der Waals surface area contributed by atoms with Crippen molar-refractivity contribution in [1.29, 1.82) is 0 Å². The fourth-order valence-electron chi connectivity index (χ4n) is 2.36. The van der Waals surface area contributed by atoms with Crippen LogP contribution in [-0.2, 0) is 14.8 Å². The molecular formula is C14H22Cl3N3O4S. The maximum absolute atomic E-state index is 12.4. The van der Waals surface area contributed by atoms with Crippen LogP contribution in [0.15, 0.2) is 23.1 Å². The van der Waals surface area contributed by atoms with Crippen LogP contribution in [0.4, 0.5) is 0 Å². The number of sulfonamides is 1.